The van der Waals surface area contributed by atoms with Crippen molar-refractivity contribution in [3.8, 4) is 0 Å². The van der Waals surface area contributed by atoms with E-state index in [9.17, 15) is 9.90 Å². The predicted octanol–water partition coefficient (Wildman–Crippen LogP) is 2.42. The van der Waals surface area contributed by atoms with Crippen molar-refractivity contribution >= 4 is 16.8 Å². The van der Waals surface area contributed by atoms with Crippen LogP contribution in [0.5, 0.6) is 0 Å². The molecule has 1 heterocycles. The molecule has 0 saturated heterocycles. The Morgan fingerprint density at radius 3 is 2.83 bits per heavy atom. The van der Waals surface area contributed by atoms with Gasteiger partial charge in [-0.3, -0.25) is 4.79 Å². The Bertz CT molecular complexity index is 651. The number of aromatic nitrogens is 1. The zero-order valence-electron chi connectivity index (χ0n) is 14.1. The summed E-state index contributed by atoms with van der Waals surface area (Å²) < 4.78 is 7.20. The minimum Gasteiger partial charge on any atom is -0.394 e. The lowest BCUT2D eigenvalue weighted by molar-refractivity contribution is 0.0893. The maximum Gasteiger partial charge on any atom is 0.252 e. The number of fused-ring (bicyclic) bond motifs is 1. The van der Waals surface area contributed by atoms with Gasteiger partial charge < -0.3 is 19.7 Å². The van der Waals surface area contributed by atoms with Gasteiger partial charge in [-0.15, -0.1) is 0 Å². The van der Waals surface area contributed by atoms with Gasteiger partial charge in [-0.25, -0.2) is 0 Å². The molecule has 0 spiro atoms. The van der Waals surface area contributed by atoms with Gasteiger partial charge in [0.05, 0.1) is 19.3 Å². The number of methoxy groups -OCH3 is 1. The lowest BCUT2D eigenvalue weighted by Crippen LogP contribution is -2.41. The molecule has 2 N–H and O–H groups in total. The van der Waals surface area contributed by atoms with Crippen LogP contribution in [0, 0.1) is 5.92 Å². The first-order valence-corrected chi connectivity index (χ1v) is 8.10. The second kappa shape index (κ2) is 8.13. The number of rotatable bonds is 8. The van der Waals surface area contributed by atoms with Gasteiger partial charge in [-0.2, -0.15) is 0 Å². The lowest BCUT2D eigenvalue weighted by Gasteiger charge is -2.22. The SMILES string of the molecule is CC[C@@H](C)[C@@H](CO)NC(=O)c1cccc2c1ccn2CCOC. The summed E-state index contributed by atoms with van der Waals surface area (Å²) in [6, 6.07) is 7.44. The second-order valence-corrected chi connectivity index (χ2v) is 5.89. The van der Waals surface area contributed by atoms with Crippen LogP contribution in [0.25, 0.3) is 10.9 Å². The molecule has 1 aromatic carbocycles. The number of nitrogens with one attached hydrogen (secondary N) is 1. The smallest absolute Gasteiger partial charge is 0.252 e. The number of nitrogens with zero attached hydrogens (tertiary/aromatic N) is 1. The molecule has 5 nitrogen and oxygen atoms in total. The highest BCUT2D eigenvalue weighted by Gasteiger charge is 2.19. The van der Waals surface area contributed by atoms with E-state index in [4.69, 9.17) is 4.74 Å². The van der Waals surface area contributed by atoms with Gasteiger partial charge in [0.1, 0.15) is 0 Å². The van der Waals surface area contributed by atoms with E-state index in [1.165, 1.54) is 0 Å². The molecular weight excluding hydrogens is 292 g/mol. The maximum absolute atomic E-state index is 12.6. The maximum atomic E-state index is 12.6. The average Bonchev–Trinajstić information content (AvgIpc) is 2.99. The fourth-order valence-electron chi connectivity index (χ4n) is 2.70. The number of benzene rings is 1. The largest absolute Gasteiger partial charge is 0.394 e. The first-order valence-electron chi connectivity index (χ1n) is 8.10. The Morgan fingerprint density at radius 1 is 1.39 bits per heavy atom. The van der Waals surface area contributed by atoms with Gasteiger partial charge in [0.15, 0.2) is 0 Å². The highest BCUT2D eigenvalue weighted by Crippen LogP contribution is 2.21. The third-order valence-electron chi connectivity index (χ3n) is 4.44. The fraction of sp³-hybridized carbons (Fsp3) is 0.500. The van der Waals surface area contributed by atoms with Crippen LogP contribution in [-0.4, -0.2) is 41.9 Å². The molecule has 0 aliphatic heterocycles. The van der Waals surface area contributed by atoms with E-state index < -0.39 is 0 Å². The number of hydrogen-bond acceptors (Lipinski definition) is 3. The molecule has 0 radical (unpaired) electrons. The average molecular weight is 318 g/mol. The molecule has 0 bridgehead atoms. The van der Waals surface area contributed by atoms with Crippen molar-refractivity contribution in [3.63, 3.8) is 0 Å². The van der Waals surface area contributed by atoms with E-state index in [-0.39, 0.29) is 24.5 Å². The molecule has 0 fully saturated rings. The molecule has 126 valence electrons. The van der Waals surface area contributed by atoms with Gasteiger partial charge in [0.2, 0.25) is 0 Å². The molecule has 2 aromatic rings. The summed E-state index contributed by atoms with van der Waals surface area (Å²) in [5.74, 6) is 0.0916. The molecule has 0 saturated carbocycles. The van der Waals surface area contributed by atoms with Crippen LogP contribution in [-0.2, 0) is 11.3 Å². The van der Waals surface area contributed by atoms with Gasteiger partial charge in [0.25, 0.3) is 5.91 Å². The summed E-state index contributed by atoms with van der Waals surface area (Å²) in [6.07, 6.45) is 2.88. The summed E-state index contributed by atoms with van der Waals surface area (Å²) in [7, 11) is 1.68. The Kier molecular flexibility index (Phi) is 6.19. The zero-order valence-corrected chi connectivity index (χ0v) is 14.1. The van der Waals surface area contributed by atoms with Crippen LogP contribution in [0.4, 0.5) is 0 Å². The Hall–Kier alpha value is -1.85. The van der Waals surface area contributed by atoms with Crippen molar-refractivity contribution in [2.24, 2.45) is 5.92 Å². The van der Waals surface area contributed by atoms with Crippen LogP contribution < -0.4 is 5.32 Å². The van der Waals surface area contributed by atoms with Crippen LogP contribution in [0.1, 0.15) is 30.6 Å². The topological polar surface area (TPSA) is 63.5 Å². The van der Waals surface area contributed by atoms with E-state index in [0.29, 0.717) is 12.2 Å². The minimum atomic E-state index is -0.224. The van der Waals surface area contributed by atoms with Crippen molar-refractivity contribution < 1.29 is 14.6 Å². The standard InChI is InChI=1S/C18H26N2O3/c1-4-13(2)16(12-21)19-18(22)15-6-5-7-17-14(15)8-9-20(17)10-11-23-3/h5-9,13,16,21H,4,10-12H2,1-3H3,(H,19,22)/t13-,16-/m1/s1. The van der Waals surface area contributed by atoms with Gasteiger partial charge in [-0.05, 0) is 24.1 Å². The lowest BCUT2D eigenvalue weighted by atomic mass is 9.99. The van der Waals surface area contributed by atoms with E-state index in [1.54, 1.807) is 7.11 Å². The summed E-state index contributed by atoms with van der Waals surface area (Å²) in [5, 5.41) is 13.4. The van der Waals surface area contributed by atoms with Crippen molar-refractivity contribution in [1.29, 1.82) is 0 Å². The molecule has 2 atom stereocenters. The van der Waals surface area contributed by atoms with E-state index in [0.717, 1.165) is 23.9 Å². The van der Waals surface area contributed by atoms with Gasteiger partial charge >= 0.3 is 0 Å². The summed E-state index contributed by atoms with van der Waals surface area (Å²) in [4.78, 5) is 12.6. The summed E-state index contributed by atoms with van der Waals surface area (Å²) >= 11 is 0. The van der Waals surface area contributed by atoms with Crippen molar-refractivity contribution in [2.45, 2.75) is 32.9 Å². The Morgan fingerprint density at radius 2 is 2.17 bits per heavy atom. The third-order valence-corrected chi connectivity index (χ3v) is 4.44. The molecule has 1 amide bonds. The number of amides is 1. The normalized spacial score (nSPS) is 13.9. The molecule has 5 heteroatoms. The molecule has 0 unspecified atom stereocenters. The van der Waals surface area contributed by atoms with Crippen molar-refractivity contribution in [3.05, 3.63) is 36.0 Å². The molecule has 2 rings (SSSR count). The number of carbonyl (C=O) groups is 1. The number of aliphatic hydroxyl groups is 1. The van der Waals surface area contributed by atoms with E-state index in [2.05, 4.69) is 16.8 Å². The van der Waals surface area contributed by atoms with Crippen LogP contribution in [0.3, 0.4) is 0 Å². The molecule has 0 aliphatic carbocycles. The van der Waals surface area contributed by atoms with Crippen molar-refractivity contribution in [2.75, 3.05) is 20.3 Å². The van der Waals surface area contributed by atoms with Gasteiger partial charge in [-0.1, -0.05) is 26.3 Å². The molecule has 1 aromatic heterocycles. The number of ether oxygens (including phenoxy) is 1. The quantitative estimate of drug-likeness (QED) is 0.786. The highest BCUT2D eigenvalue weighted by molar-refractivity contribution is 6.06. The minimum absolute atomic E-state index is 0.0500. The van der Waals surface area contributed by atoms with Crippen molar-refractivity contribution in [1.82, 2.24) is 9.88 Å². The van der Waals surface area contributed by atoms with Crippen LogP contribution in [0.2, 0.25) is 0 Å². The third kappa shape index (κ3) is 3.92. The van der Waals surface area contributed by atoms with Gasteiger partial charge in [0, 0.05) is 36.3 Å². The molecular formula is C18H26N2O3. The van der Waals surface area contributed by atoms with E-state index >= 15 is 0 Å². The monoisotopic (exact) mass is 318 g/mol. The number of aliphatic hydroxyl groups excluding tert-OH is 1. The Balaban J connectivity index is 2.25. The zero-order chi connectivity index (χ0) is 16.8. The van der Waals surface area contributed by atoms with Crippen LogP contribution in [0.15, 0.2) is 30.5 Å². The highest BCUT2D eigenvalue weighted by atomic mass is 16.5. The van der Waals surface area contributed by atoms with E-state index in [1.807, 2.05) is 37.4 Å². The fourth-order valence-corrected chi connectivity index (χ4v) is 2.70. The van der Waals surface area contributed by atoms with Crippen LogP contribution >= 0.6 is 0 Å². The first-order chi connectivity index (χ1) is 11.1. The molecule has 0 aliphatic rings. The predicted molar refractivity (Wildman–Crippen MR) is 91.6 cm³/mol. The summed E-state index contributed by atoms with van der Waals surface area (Å²) in [6.45, 7) is 5.41. The summed E-state index contributed by atoms with van der Waals surface area (Å²) in [5.41, 5.74) is 1.65. The number of carbonyl (C=O) groups excluding carboxylic acids is 1. The first kappa shape index (κ1) is 17.5. The Labute approximate surface area is 137 Å². The second-order valence-electron chi connectivity index (χ2n) is 5.89. The molecule has 23 heavy (non-hydrogen) atoms. The number of hydrogen-bond donors (Lipinski definition) is 2.